The van der Waals surface area contributed by atoms with Gasteiger partial charge >= 0.3 is 25.4 Å². The van der Waals surface area contributed by atoms with Crippen LogP contribution < -0.4 is 9.97 Å². The van der Waals surface area contributed by atoms with E-state index in [2.05, 4.69) is 67.8 Å². The van der Waals surface area contributed by atoms with Crippen molar-refractivity contribution in [2.45, 2.75) is 0 Å². The number of carboxylic acid groups (broad SMARTS) is 1. The Morgan fingerprint density at radius 1 is 0.489 bits per heavy atom. The van der Waals surface area contributed by atoms with E-state index in [0.717, 1.165) is 43.7 Å². The maximum atomic E-state index is 11.9. The van der Waals surface area contributed by atoms with E-state index in [0.29, 0.717) is 56.7 Å². The van der Waals surface area contributed by atoms with E-state index in [-0.39, 0.29) is 25.0 Å². The summed E-state index contributed by atoms with van der Waals surface area (Å²) < 4.78 is 3.07. The molecule has 14 heteroatoms. The SMILES string of the molecule is O=C(O)c1ccc2c3nc4nc(nc5[n-]c(nc6nc(nc([n-]3)c2c1)-c1ccc(I)cc1-6)c1ccc(I)cc51)-c1ccc(I)cc1-4.[Zn+2]. The van der Waals surface area contributed by atoms with Crippen LogP contribution in [0.5, 0.6) is 0 Å². The van der Waals surface area contributed by atoms with Crippen molar-refractivity contribution in [2.75, 3.05) is 0 Å². The zero-order chi connectivity index (χ0) is 31.3. The molecule has 0 amide bonds. The van der Waals surface area contributed by atoms with Crippen molar-refractivity contribution < 1.29 is 29.4 Å². The fourth-order valence-corrected chi connectivity index (χ4v) is 7.19. The summed E-state index contributed by atoms with van der Waals surface area (Å²) in [5.41, 5.74) is 5.00. The summed E-state index contributed by atoms with van der Waals surface area (Å²) in [6.07, 6.45) is 0. The Bertz CT molecular complexity index is 2680. The van der Waals surface area contributed by atoms with Gasteiger partial charge in [0, 0.05) is 55.6 Å². The first-order chi connectivity index (χ1) is 22.3. The molecule has 1 N–H and O–H groups in total. The molecule has 0 unspecified atom stereocenters. The molecule has 220 valence electrons. The molecule has 0 fully saturated rings. The molecule has 0 spiro atoms. The van der Waals surface area contributed by atoms with Crippen LogP contribution in [0.4, 0.5) is 0 Å². The topological polar surface area (TPSA) is 143 Å². The Hall–Kier alpha value is -3.48. The molecule has 0 saturated heterocycles. The Kier molecular flexibility index (Phi) is 7.61. The fraction of sp³-hybridized carbons (Fsp3) is 0. The first-order valence-corrected chi connectivity index (χ1v) is 17.0. The maximum absolute atomic E-state index is 11.9. The van der Waals surface area contributed by atoms with Crippen molar-refractivity contribution in [1.82, 2.24) is 39.9 Å². The van der Waals surface area contributed by atoms with Crippen LogP contribution in [0, 0.1) is 10.7 Å². The molecule has 2 aliphatic rings. The zero-order valence-electron chi connectivity index (χ0n) is 23.7. The number of carbonyl (C=O) groups is 1. The summed E-state index contributed by atoms with van der Waals surface area (Å²) in [6, 6.07) is 22.8. The number of nitrogens with zero attached hydrogens (tertiary/aromatic N) is 8. The largest absolute Gasteiger partial charge is 2.00 e. The van der Waals surface area contributed by atoms with E-state index in [1.807, 2.05) is 54.6 Å². The fourth-order valence-electron chi connectivity index (χ4n) is 5.71. The van der Waals surface area contributed by atoms with Gasteiger partial charge in [0.1, 0.15) is 0 Å². The van der Waals surface area contributed by atoms with Gasteiger partial charge in [0.05, 0.1) is 28.9 Å². The van der Waals surface area contributed by atoms with Gasteiger partial charge in [-0.25, -0.2) is 14.8 Å². The molecule has 8 bridgehead atoms. The molecule has 10 nitrogen and oxygen atoms in total. The quantitative estimate of drug-likeness (QED) is 0.129. The number of hydrogen-bond donors (Lipinski definition) is 1. The normalized spacial score (nSPS) is 11.7. The Morgan fingerprint density at radius 2 is 0.894 bits per heavy atom. The number of fused-ring (bicyclic) bond motifs is 20. The van der Waals surface area contributed by atoms with Crippen molar-refractivity contribution in [3.05, 3.63) is 89.1 Å². The third-order valence-corrected chi connectivity index (χ3v) is 9.85. The Balaban J connectivity index is 0.00000324. The Labute approximate surface area is 318 Å². The zero-order valence-corrected chi connectivity index (χ0v) is 33.1. The second kappa shape index (κ2) is 11.6. The summed E-state index contributed by atoms with van der Waals surface area (Å²) in [4.78, 5) is 51.3. The summed E-state index contributed by atoms with van der Waals surface area (Å²) in [5.74, 6) is 0.741. The number of aromatic nitrogens is 8. The van der Waals surface area contributed by atoms with Gasteiger partial charge < -0.3 is 35.0 Å². The first kappa shape index (κ1) is 30.8. The summed E-state index contributed by atoms with van der Waals surface area (Å²) in [6.45, 7) is 0. The molecule has 0 radical (unpaired) electrons. The minimum absolute atomic E-state index is 0. The molecule has 4 aromatic carbocycles. The monoisotopic (exact) mass is 998 g/mol. The van der Waals surface area contributed by atoms with E-state index < -0.39 is 5.97 Å². The second-order valence-corrected chi connectivity index (χ2v) is 14.4. The molecule has 47 heavy (non-hydrogen) atoms. The van der Waals surface area contributed by atoms with Crippen LogP contribution in [0.25, 0.3) is 89.7 Å². The third-order valence-electron chi connectivity index (χ3n) is 7.83. The van der Waals surface area contributed by atoms with Crippen molar-refractivity contribution in [1.29, 1.82) is 0 Å². The van der Waals surface area contributed by atoms with E-state index >= 15 is 0 Å². The number of aromatic carboxylic acids is 1. The average molecular weight is 1000 g/mol. The smallest absolute Gasteiger partial charge is 0.478 e. The van der Waals surface area contributed by atoms with Crippen LogP contribution >= 0.6 is 67.8 Å². The van der Waals surface area contributed by atoms with Gasteiger partial charge in [0.2, 0.25) is 0 Å². The molecular weight excluding hydrogens is 987 g/mol. The van der Waals surface area contributed by atoms with Gasteiger partial charge in [-0.05, 0) is 138 Å². The summed E-state index contributed by atoms with van der Waals surface area (Å²) in [7, 11) is 0. The molecule has 0 saturated carbocycles. The summed E-state index contributed by atoms with van der Waals surface area (Å²) in [5, 5.41) is 12.7. The van der Waals surface area contributed by atoms with Crippen LogP contribution in [-0.4, -0.2) is 41.0 Å². The van der Waals surface area contributed by atoms with Crippen molar-refractivity contribution in [2.24, 2.45) is 0 Å². The molecule has 7 aromatic rings. The molecule has 5 heterocycles. The van der Waals surface area contributed by atoms with Crippen molar-refractivity contribution in [3.63, 3.8) is 0 Å². The van der Waals surface area contributed by atoms with E-state index in [1.165, 1.54) is 6.07 Å². The molecule has 3 aromatic heterocycles. The first-order valence-electron chi connectivity index (χ1n) is 13.8. The predicted octanol–water partition coefficient (Wildman–Crippen LogP) is 7.64. The van der Waals surface area contributed by atoms with E-state index in [1.54, 1.807) is 12.1 Å². The average Bonchev–Trinajstić information content (AvgIpc) is 3.75. The van der Waals surface area contributed by atoms with Gasteiger partial charge in [0.15, 0.2) is 0 Å². The molecule has 2 aliphatic heterocycles. The molecular formula is C33H13I3N8O2Zn. The number of hydrogen-bond acceptors (Lipinski definition) is 7. The maximum Gasteiger partial charge on any atom is 2.00 e. The van der Waals surface area contributed by atoms with Gasteiger partial charge in [0.25, 0.3) is 0 Å². The van der Waals surface area contributed by atoms with Crippen LogP contribution in [0.1, 0.15) is 10.4 Å². The molecule has 0 aliphatic carbocycles. The van der Waals surface area contributed by atoms with Gasteiger partial charge in [-0.2, -0.15) is 0 Å². The van der Waals surface area contributed by atoms with Gasteiger partial charge in [-0.3, -0.25) is 0 Å². The Morgan fingerprint density at radius 3 is 1.40 bits per heavy atom. The van der Waals surface area contributed by atoms with E-state index in [4.69, 9.17) is 39.9 Å². The number of rotatable bonds is 1. The number of benzene rings is 4. The molecule has 9 rings (SSSR count). The van der Waals surface area contributed by atoms with Crippen LogP contribution in [-0.2, 0) is 19.5 Å². The summed E-state index contributed by atoms with van der Waals surface area (Å²) >= 11 is 6.81. The predicted molar refractivity (Wildman–Crippen MR) is 199 cm³/mol. The van der Waals surface area contributed by atoms with Crippen molar-refractivity contribution >= 4 is 118 Å². The van der Waals surface area contributed by atoms with Gasteiger partial charge in [-0.1, -0.05) is 24.3 Å². The molecule has 0 atom stereocenters. The second-order valence-electron chi connectivity index (χ2n) is 10.6. The van der Waals surface area contributed by atoms with Crippen molar-refractivity contribution in [3.8, 4) is 45.6 Å². The number of carboxylic acids is 1. The van der Waals surface area contributed by atoms with Crippen LogP contribution in [0.3, 0.4) is 0 Å². The third kappa shape index (κ3) is 5.14. The standard InChI is InChI=1S/C33H14I3N8O2.Zn/c34-14-2-6-18-22(10-14)31-40-26(18)38-29-21-9-13(33(45)46)1-5-17(21)25(37-29)39-30-23-11-15(35)3-7-19(23)27(41-30)43-32-24-12-16(36)4-8-20(24)28(42-31)44-32;/h1-12H,(H2-,37,38,39,40,41,42,43,44,45,46);/q-1;+2/p-1. The minimum Gasteiger partial charge on any atom is -0.478 e. The minimum atomic E-state index is -1.05. The van der Waals surface area contributed by atoms with Crippen LogP contribution in [0.2, 0.25) is 0 Å². The van der Waals surface area contributed by atoms with E-state index in [9.17, 15) is 9.90 Å². The number of halogens is 3. The van der Waals surface area contributed by atoms with Gasteiger partial charge in [-0.15, -0.1) is 0 Å². The van der Waals surface area contributed by atoms with Crippen LogP contribution in [0.15, 0.2) is 72.8 Å².